The second-order valence-electron chi connectivity index (χ2n) is 7.65. The Morgan fingerprint density at radius 3 is 2.03 bits per heavy atom. The minimum Gasteiger partial charge on any atom is -0.493 e. The zero-order chi connectivity index (χ0) is 24.3. The minimum absolute atomic E-state index is 0.0655. The van der Waals surface area contributed by atoms with Gasteiger partial charge in [0, 0.05) is 5.56 Å². The molecule has 7 N–H and O–H groups in total. The topological polar surface area (TPSA) is 205 Å². The zero-order valence-electron chi connectivity index (χ0n) is 17.6. The highest BCUT2D eigenvalue weighted by Crippen LogP contribution is 2.34. The van der Waals surface area contributed by atoms with E-state index in [4.69, 9.17) is 23.7 Å². The van der Waals surface area contributed by atoms with E-state index in [1.54, 1.807) is 0 Å². The SMILES string of the molecule is COc1cc(C=O)ccc1O[C@@H]1O[C@H](CO)[C@@H](O)[C@H](O)[C@H]1O[C@@H]1O[C@H](CO)[C@@H](O)[C@H](O)[C@H]1O. The zero-order valence-corrected chi connectivity index (χ0v) is 17.6. The summed E-state index contributed by atoms with van der Waals surface area (Å²) in [6, 6.07) is 4.20. The average molecular weight is 476 g/mol. The van der Waals surface area contributed by atoms with Crippen molar-refractivity contribution in [2.24, 2.45) is 0 Å². The number of aliphatic hydroxyl groups excluding tert-OH is 7. The van der Waals surface area contributed by atoms with Gasteiger partial charge in [-0.3, -0.25) is 4.79 Å². The van der Waals surface area contributed by atoms with Gasteiger partial charge in [0.05, 0.1) is 20.3 Å². The van der Waals surface area contributed by atoms with E-state index in [0.29, 0.717) is 11.8 Å². The smallest absolute Gasteiger partial charge is 0.229 e. The summed E-state index contributed by atoms with van der Waals surface area (Å²) in [7, 11) is 1.33. The van der Waals surface area contributed by atoms with Crippen molar-refractivity contribution in [2.75, 3.05) is 20.3 Å². The second kappa shape index (κ2) is 11.0. The van der Waals surface area contributed by atoms with E-state index in [9.17, 15) is 40.5 Å². The number of hydrogen-bond acceptors (Lipinski definition) is 13. The Balaban J connectivity index is 1.87. The lowest BCUT2D eigenvalue weighted by Crippen LogP contribution is -2.65. The minimum atomic E-state index is -1.79. The lowest BCUT2D eigenvalue weighted by Gasteiger charge is -2.45. The molecule has 3 rings (SSSR count). The molecule has 2 saturated heterocycles. The molecule has 2 aliphatic heterocycles. The van der Waals surface area contributed by atoms with Crippen LogP contribution in [0.1, 0.15) is 10.4 Å². The number of hydrogen-bond donors (Lipinski definition) is 7. The molecule has 33 heavy (non-hydrogen) atoms. The lowest BCUT2D eigenvalue weighted by atomic mass is 9.97. The maximum Gasteiger partial charge on any atom is 0.229 e. The van der Waals surface area contributed by atoms with E-state index in [0.717, 1.165) is 0 Å². The van der Waals surface area contributed by atoms with Gasteiger partial charge >= 0.3 is 0 Å². The highest BCUT2D eigenvalue weighted by atomic mass is 16.8. The van der Waals surface area contributed by atoms with Crippen LogP contribution in [-0.2, 0) is 14.2 Å². The molecule has 2 heterocycles. The summed E-state index contributed by atoms with van der Waals surface area (Å²) < 4.78 is 27.4. The van der Waals surface area contributed by atoms with Gasteiger partial charge in [0.2, 0.25) is 6.29 Å². The first kappa shape index (κ1) is 25.7. The summed E-state index contributed by atoms with van der Waals surface area (Å²) in [4.78, 5) is 11.0. The summed E-state index contributed by atoms with van der Waals surface area (Å²) in [6.07, 6.45) is -15.1. The quantitative estimate of drug-likeness (QED) is 0.182. The number of aliphatic hydroxyl groups is 7. The number of carbonyl (C=O) groups excluding carboxylic acids is 1. The van der Waals surface area contributed by atoms with E-state index in [1.807, 2.05) is 0 Å². The largest absolute Gasteiger partial charge is 0.493 e. The molecule has 13 heteroatoms. The van der Waals surface area contributed by atoms with Crippen LogP contribution in [0.5, 0.6) is 11.5 Å². The van der Waals surface area contributed by atoms with Crippen LogP contribution in [0.4, 0.5) is 0 Å². The van der Waals surface area contributed by atoms with Crippen LogP contribution < -0.4 is 9.47 Å². The van der Waals surface area contributed by atoms with Crippen LogP contribution in [0.25, 0.3) is 0 Å². The Morgan fingerprint density at radius 2 is 1.45 bits per heavy atom. The Bertz CT molecular complexity index is 789. The van der Waals surface area contributed by atoms with Crippen LogP contribution >= 0.6 is 0 Å². The molecule has 1 aromatic rings. The third kappa shape index (κ3) is 5.27. The number of aldehydes is 1. The average Bonchev–Trinajstić information content (AvgIpc) is 2.83. The second-order valence-corrected chi connectivity index (χ2v) is 7.65. The number of benzene rings is 1. The van der Waals surface area contributed by atoms with Crippen molar-refractivity contribution < 1.29 is 64.2 Å². The van der Waals surface area contributed by atoms with Gasteiger partial charge in [0.25, 0.3) is 0 Å². The van der Waals surface area contributed by atoms with Gasteiger partial charge in [-0.2, -0.15) is 0 Å². The Hall–Kier alpha value is -1.91. The summed E-state index contributed by atoms with van der Waals surface area (Å²) in [5, 5.41) is 70.0. The molecule has 0 radical (unpaired) electrons. The fraction of sp³-hybridized carbons (Fsp3) is 0.650. The molecular formula is C20H28O13. The maximum atomic E-state index is 11.0. The third-order valence-corrected chi connectivity index (χ3v) is 5.53. The molecule has 0 saturated carbocycles. The third-order valence-electron chi connectivity index (χ3n) is 5.53. The highest BCUT2D eigenvalue weighted by molar-refractivity contribution is 5.76. The Labute approximate surface area is 188 Å². The van der Waals surface area contributed by atoms with Crippen LogP contribution in [0.2, 0.25) is 0 Å². The van der Waals surface area contributed by atoms with Crippen LogP contribution in [0.3, 0.4) is 0 Å². The Morgan fingerprint density at radius 1 is 0.848 bits per heavy atom. The molecule has 0 aromatic heterocycles. The van der Waals surface area contributed by atoms with Crippen molar-refractivity contribution in [2.45, 2.75) is 61.4 Å². The summed E-state index contributed by atoms with van der Waals surface area (Å²) in [5.41, 5.74) is 0.293. The van der Waals surface area contributed by atoms with Gasteiger partial charge in [0.1, 0.15) is 49.0 Å². The summed E-state index contributed by atoms with van der Waals surface area (Å²) in [5.74, 6) is 0.201. The van der Waals surface area contributed by atoms with Gasteiger partial charge in [0.15, 0.2) is 23.9 Å². The normalized spacial score (nSPS) is 39.2. The van der Waals surface area contributed by atoms with Crippen molar-refractivity contribution in [1.82, 2.24) is 0 Å². The fourth-order valence-corrected chi connectivity index (χ4v) is 3.61. The maximum absolute atomic E-state index is 11.0. The van der Waals surface area contributed by atoms with E-state index >= 15 is 0 Å². The summed E-state index contributed by atoms with van der Waals surface area (Å²) in [6.45, 7) is -1.38. The fourth-order valence-electron chi connectivity index (χ4n) is 3.61. The molecule has 0 aliphatic carbocycles. The van der Waals surface area contributed by atoms with E-state index < -0.39 is 74.6 Å². The van der Waals surface area contributed by atoms with Crippen LogP contribution in [0, 0.1) is 0 Å². The van der Waals surface area contributed by atoms with E-state index in [1.165, 1.54) is 25.3 Å². The standard InChI is InChI=1S/C20H28O13/c1-29-10-4-8(5-21)2-3-9(10)30-20-18(16(27)14(25)12(7-23)32-20)33-19-17(28)15(26)13(24)11(6-22)31-19/h2-5,11-20,22-28H,6-7H2,1H3/t11-,12-,13-,14-,15+,16+,17-,18-,19+,20-/m1/s1. The van der Waals surface area contributed by atoms with Gasteiger partial charge in [-0.05, 0) is 18.2 Å². The molecular weight excluding hydrogens is 448 g/mol. The first-order valence-corrected chi connectivity index (χ1v) is 10.1. The highest BCUT2D eigenvalue weighted by Gasteiger charge is 2.51. The van der Waals surface area contributed by atoms with E-state index in [2.05, 4.69) is 0 Å². The molecule has 13 nitrogen and oxygen atoms in total. The van der Waals surface area contributed by atoms with Crippen LogP contribution in [-0.4, -0.2) is 124 Å². The van der Waals surface area contributed by atoms with Gasteiger partial charge < -0.3 is 59.4 Å². The molecule has 186 valence electrons. The van der Waals surface area contributed by atoms with Gasteiger partial charge in [-0.15, -0.1) is 0 Å². The summed E-state index contributed by atoms with van der Waals surface area (Å²) >= 11 is 0. The molecule has 0 bridgehead atoms. The molecule has 2 aliphatic rings. The predicted molar refractivity (Wildman–Crippen MR) is 105 cm³/mol. The lowest BCUT2D eigenvalue weighted by molar-refractivity contribution is -0.357. The number of ether oxygens (including phenoxy) is 5. The Kier molecular flexibility index (Phi) is 8.58. The number of carbonyl (C=O) groups is 1. The molecule has 10 atom stereocenters. The first-order chi connectivity index (χ1) is 15.7. The number of rotatable bonds is 8. The van der Waals surface area contributed by atoms with Crippen molar-refractivity contribution in [3.63, 3.8) is 0 Å². The monoisotopic (exact) mass is 476 g/mol. The molecule has 1 aromatic carbocycles. The van der Waals surface area contributed by atoms with Crippen molar-refractivity contribution in [3.05, 3.63) is 23.8 Å². The van der Waals surface area contributed by atoms with Crippen LogP contribution in [0.15, 0.2) is 18.2 Å². The molecule has 0 amide bonds. The molecule has 2 fully saturated rings. The predicted octanol–water partition coefficient (Wildman–Crippen LogP) is -3.49. The van der Waals surface area contributed by atoms with Crippen molar-refractivity contribution in [3.8, 4) is 11.5 Å². The molecule has 0 unspecified atom stereocenters. The van der Waals surface area contributed by atoms with Gasteiger partial charge in [-0.25, -0.2) is 0 Å². The van der Waals surface area contributed by atoms with Crippen molar-refractivity contribution >= 4 is 6.29 Å². The van der Waals surface area contributed by atoms with Crippen molar-refractivity contribution in [1.29, 1.82) is 0 Å². The number of methoxy groups -OCH3 is 1. The van der Waals surface area contributed by atoms with E-state index in [-0.39, 0.29) is 11.5 Å². The first-order valence-electron chi connectivity index (χ1n) is 10.1. The molecule has 0 spiro atoms. The van der Waals surface area contributed by atoms with Gasteiger partial charge in [-0.1, -0.05) is 0 Å².